The van der Waals surface area contributed by atoms with E-state index in [0.717, 1.165) is 77.0 Å². The SMILES string of the molecule is CC/C=C\C/C=C\C/C=C\C/C=C\C/C=C\CC(=O)OC(CO)COC(=O)CCCCCCCCCCCCCCCCCCCCCC/C=C\C/C=C\C/C=C\C/C=C\CC. The Balaban J connectivity index is 3.51. The van der Waals surface area contributed by atoms with Gasteiger partial charge in [0.05, 0.1) is 13.0 Å². The van der Waals surface area contributed by atoms with Crippen LogP contribution in [0.5, 0.6) is 0 Å². The van der Waals surface area contributed by atoms with Gasteiger partial charge in [0.2, 0.25) is 0 Å². The Hall–Kier alpha value is -3.44. The van der Waals surface area contributed by atoms with E-state index in [1.807, 2.05) is 6.08 Å². The first-order valence-corrected chi connectivity index (χ1v) is 25.4. The molecule has 0 amide bonds. The average molecular weight is 859 g/mol. The summed E-state index contributed by atoms with van der Waals surface area (Å²) in [4.78, 5) is 24.3. The molecule has 0 aromatic rings. The van der Waals surface area contributed by atoms with Crippen molar-refractivity contribution in [3.05, 3.63) is 109 Å². The lowest BCUT2D eigenvalue weighted by molar-refractivity contribution is -0.160. The third kappa shape index (κ3) is 49.2. The third-order valence-electron chi connectivity index (χ3n) is 10.6. The van der Waals surface area contributed by atoms with Crippen molar-refractivity contribution in [2.45, 2.75) is 225 Å². The minimum absolute atomic E-state index is 0.109. The molecular formula is C57H94O5. The largest absolute Gasteiger partial charge is 0.462 e. The molecule has 0 aromatic heterocycles. The van der Waals surface area contributed by atoms with Crippen molar-refractivity contribution >= 4 is 11.9 Å². The Morgan fingerprint density at radius 3 is 1.05 bits per heavy atom. The Morgan fingerprint density at radius 1 is 0.387 bits per heavy atom. The van der Waals surface area contributed by atoms with Crippen LogP contribution in [0.15, 0.2) is 109 Å². The van der Waals surface area contributed by atoms with Crippen LogP contribution in [0, 0.1) is 0 Å². The Kier molecular flexibility index (Phi) is 49.0. The van der Waals surface area contributed by atoms with E-state index in [-0.39, 0.29) is 25.6 Å². The lowest BCUT2D eigenvalue weighted by atomic mass is 10.0. The molecular weight excluding hydrogens is 765 g/mol. The van der Waals surface area contributed by atoms with Gasteiger partial charge in [-0.1, -0.05) is 239 Å². The summed E-state index contributed by atoms with van der Waals surface area (Å²) in [6.07, 6.45) is 75.1. The normalized spacial score (nSPS) is 13.1. The smallest absolute Gasteiger partial charge is 0.310 e. The van der Waals surface area contributed by atoms with Crippen molar-refractivity contribution in [3.63, 3.8) is 0 Å². The van der Waals surface area contributed by atoms with E-state index in [4.69, 9.17) is 9.47 Å². The molecule has 0 spiro atoms. The summed E-state index contributed by atoms with van der Waals surface area (Å²) < 4.78 is 10.6. The lowest BCUT2D eigenvalue weighted by Crippen LogP contribution is -2.28. The molecule has 0 aliphatic carbocycles. The van der Waals surface area contributed by atoms with Crippen molar-refractivity contribution in [1.29, 1.82) is 0 Å². The van der Waals surface area contributed by atoms with E-state index in [2.05, 4.69) is 111 Å². The number of aliphatic hydroxyl groups is 1. The fraction of sp³-hybridized carbons (Fsp3) is 0.649. The molecule has 0 saturated carbocycles. The maximum absolute atomic E-state index is 12.2. The highest BCUT2D eigenvalue weighted by atomic mass is 16.6. The van der Waals surface area contributed by atoms with E-state index in [9.17, 15) is 14.7 Å². The minimum atomic E-state index is -0.831. The van der Waals surface area contributed by atoms with E-state index in [0.29, 0.717) is 6.42 Å². The number of hydrogen-bond donors (Lipinski definition) is 1. The van der Waals surface area contributed by atoms with Crippen LogP contribution in [-0.2, 0) is 19.1 Å². The van der Waals surface area contributed by atoms with Gasteiger partial charge >= 0.3 is 11.9 Å². The maximum Gasteiger partial charge on any atom is 0.310 e. The maximum atomic E-state index is 12.2. The number of allylic oxidation sites excluding steroid dienone is 17. The van der Waals surface area contributed by atoms with Crippen LogP contribution in [0.1, 0.15) is 219 Å². The summed E-state index contributed by atoms with van der Waals surface area (Å²) in [5.74, 6) is -0.739. The highest BCUT2D eigenvalue weighted by Crippen LogP contribution is 2.16. The van der Waals surface area contributed by atoms with Crippen LogP contribution in [0.2, 0.25) is 0 Å². The van der Waals surface area contributed by atoms with Gasteiger partial charge in [0.25, 0.3) is 0 Å². The number of rotatable bonds is 45. The van der Waals surface area contributed by atoms with Gasteiger partial charge in [0.15, 0.2) is 6.10 Å². The van der Waals surface area contributed by atoms with Crippen LogP contribution in [0.4, 0.5) is 0 Å². The second kappa shape index (κ2) is 51.9. The molecule has 5 heteroatoms. The zero-order valence-electron chi connectivity index (χ0n) is 40.1. The standard InChI is InChI=1S/C57H94O5/c1-3-5-7-9-11-13-15-17-19-20-21-22-23-24-25-26-27-28-29-30-31-32-33-34-35-36-38-39-41-43-45-47-49-51-56(59)61-54-55(53-58)62-57(60)52-50-48-46-44-42-40-37-18-16-14-12-10-8-6-4-2/h5-8,11-14,17-19,21-22,37,42,44,48,50,55,58H,3-4,9-10,15-16,20,23-36,38-41,43,45-47,49,51-54H2,1-2H3/b7-5-,8-6-,13-11-,14-12-,19-17-,22-21-,37-18-,44-42-,50-48-. The zero-order valence-corrected chi connectivity index (χ0v) is 40.1. The number of ether oxygens (including phenoxy) is 2. The Morgan fingerprint density at radius 2 is 0.694 bits per heavy atom. The molecule has 1 N–H and O–H groups in total. The van der Waals surface area contributed by atoms with Gasteiger partial charge in [0.1, 0.15) is 6.61 Å². The number of esters is 2. The van der Waals surface area contributed by atoms with Gasteiger partial charge in [-0.3, -0.25) is 9.59 Å². The monoisotopic (exact) mass is 859 g/mol. The summed E-state index contributed by atoms with van der Waals surface area (Å²) in [5.41, 5.74) is 0. The topological polar surface area (TPSA) is 72.8 Å². The fourth-order valence-electron chi connectivity index (χ4n) is 6.86. The number of carbonyl (C=O) groups excluding carboxylic acids is 2. The highest BCUT2D eigenvalue weighted by Gasteiger charge is 2.15. The first-order valence-electron chi connectivity index (χ1n) is 25.4. The van der Waals surface area contributed by atoms with E-state index in [1.54, 1.807) is 6.08 Å². The van der Waals surface area contributed by atoms with Crippen molar-refractivity contribution in [1.82, 2.24) is 0 Å². The zero-order chi connectivity index (χ0) is 44.9. The van der Waals surface area contributed by atoms with Gasteiger partial charge in [0, 0.05) is 6.42 Å². The molecule has 352 valence electrons. The van der Waals surface area contributed by atoms with Gasteiger partial charge in [-0.2, -0.15) is 0 Å². The van der Waals surface area contributed by atoms with Gasteiger partial charge in [-0.15, -0.1) is 0 Å². The van der Waals surface area contributed by atoms with Crippen molar-refractivity contribution in [2.24, 2.45) is 0 Å². The van der Waals surface area contributed by atoms with Gasteiger partial charge < -0.3 is 14.6 Å². The van der Waals surface area contributed by atoms with Gasteiger partial charge in [-0.25, -0.2) is 0 Å². The Bertz CT molecular complexity index is 1250. The second-order valence-electron chi connectivity index (χ2n) is 16.5. The van der Waals surface area contributed by atoms with E-state index in [1.165, 1.54) is 116 Å². The average Bonchev–Trinajstić information content (AvgIpc) is 3.28. The molecule has 0 aromatic carbocycles. The molecule has 0 fully saturated rings. The number of hydrogen-bond acceptors (Lipinski definition) is 5. The predicted octanol–water partition coefficient (Wildman–Crippen LogP) is 17.0. The van der Waals surface area contributed by atoms with Gasteiger partial charge in [-0.05, 0) is 77.0 Å². The second-order valence-corrected chi connectivity index (χ2v) is 16.5. The van der Waals surface area contributed by atoms with Crippen LogP contribution >= 0.6 is 0 Å². The molecule has 1 atom stereocenters. The number of unbranched alkanes of at least 4 members (excludes halogenated alkanes) is 20. The first-order chi connectivity index (χ1) is 30.6. The van der Waals surface area contributed by atoms with Crippen LogP contribution in [0.3, 0.4) is 0 Å². The molecule has 1 unspecified atom stereocenters. The number of aliphatic hydroxyl groups excluding tert-OH is 1. The molecule has 0 radical (unpaired) electrons. The van der Waals surface area contributed by atoms with Crippen molar-refractivity contribution in [2.75, 3.05) is 13.2 Å². The quantitative estimate of drug-likeness (QED) is 0.0375. The van der Waals surface area contributed by atoms with Crippen LogP contribution in [0.25, 0.3) is 0 Å². The fourth-order valence-corrected chi connectivity index (χ4v) is 6.86. The molecule has 0 aliphatic heterocycles. The molecule has 62 heavy (non-hydrogen) atoms. The summed E-state index contributed by atoms with van der Waals surface area (Å²) in [7, 11) is 0. The molecule has 0 aliphatic rings. The molecule has 0 bridgehead atoms. The lowest BCUT2D eigenvalue weighted by Gasteiger charge is -2.15. The summed E-state index contributed by atoms with van der Waals surface area (Å²) >= 11 is 0. The first kappa shape index (κ1) is 58.6. The third-order valence-corrected chi connectivity index (χ3v) is 10.6. The summed E-state index contributed by atoms with van der Waals surface area (Å²) in [5, 5.41) is 9.58. The summed E-state index contributed by atoms with van der Waals surface area (Å²) in [6.45, 7) is 3.83. The summed E-state index contributed by atoms with van der Waals surface area (Å²) in [6, 6.07) is 0. The number of carbonyl (C=O) groups is 2. The minimum Gasteiger partial charge on any atom is -0.462 e. The van der Waals surface area contributed by atoms with Crippen LogP contribution in [-0.4, -0.2) is 36.4 Å². The van der Waals surface area contributed by atoms with Crippen molar-refractivity contribution < 1.29 is 24.2 Å². The predicted molar refractivity (Wildman–Crippen MR) is 269 cm³/mol. The molecule has 0 rings (SSSR count). The van der Waals surface area contributed by atoms with Crippen LogP contribution < -0.4 is 0 Å². The van der Waals surface area contributed by atoms with Crippen molar-refractivity contribution in [3.8, 4) is 0 Å². The molecule has 5 nitrogen and oxygen atoms in total. The van der Waals surface area contributed by atoms with E-state index >= 15 is 0 Å². The van der Waals surface area contributed by atoms with E-state index < -0.39 is 12.1 Å². The molecule has 0 heterocycles. The Labute approximate surface area is 382 Å². The highest BCUT2D eigenvalue weighted by molar-refractivity contribution is 5.71. The molecule has 0 saturated heterocycles.